The molecule has 1 aliphatic heterocycles. The van der Waals surface area contributed by atoms with Crippen LogP contribution in [0.2, 0.25) is 0 Å². The molecule has 3 heteroatoms. The summed E-state index contributed by atoms with van der Waals surface area (Å²) in [6.07, 6.45) is 5.39. The third-order valence-electron chi connectivity index (χ3n) is 3.79. The molecular formula is C11H18N2O. The lowest BCUT2D eigenvalue weighted by Gasteiger charge is -2.27. The number of rotatable bonds is 3. The zero-order valence-electron chi connectivity index (χ0n) is 8.70. The topological polar surface area (TPSA) is 32.3 Å². The van der Waals surface area contributed by atoms with Crippen molar-refractivity contribution in [2.24, 2.45) is 11.8 Å². The van der Waals surface area contributed by atoms with Crippen LogP contribution in [0.1, 0.15) is 32.6 Å². The maximum absolute atomic E-state index is 11.9. The van der Waals surface area contributed by atoms with Gasteiger partial charge in [0.05, 0.1) is 12.7 Å². The first-order valence-corrected chi connectivity index (χ1v) is 5.81. The fourth-order valence-electron chi connectivity index (χ4n) is 2.67. The maximum atomic E-state index is 11.9. The first kappa shape index (κ1) is 8.72. The molecule has 3 nitrogen and oxygen atoms in total. The highest BCUT2D eigenvalue weighted by atomic mass is 16.2. The first-order valence-electron chi connectivity index (χ1n) is 5.81. The van der Waals surface area contributed by atoms with E-state index in [4.69, 9.17) is 0 Å². The Morgan fingerprint density at radius 3 is 2.21 bits per heavy atom. The molecule has 14 heavy (non-hydrogen) atoms. The Bertz CT molecular complexity index is 246. The van der Waals surface area contributed by atoms with Crippen molar-refractivity contribution in [3.8, 4) is 0 Å². The van der Waals surface area contributed by atoms with Crippen LogP contribution in [0.3, 0.4) is 0 Å². The summed E-state index contributed by atoms with van der Waals surface area (Å²) in [5.41, 5.74) is 0. The molecule has 1 saturated heterocycles. The standard InChI is InChI=1S/C11H18N2O/c1-7-11(14)13(6-12-7)10(8-2-3-8)9-4-5-9/h7-10,12H,2-6H2,1H3. The van der Waals surface area contributed by atoms with Crippen molar-refractivity contribution in [2.45, 2.75) is 44.7 Å². The minimum absolute atomic E-state index is 0.0509. The fourth-order valence-corrected chi connectivity index (χ4v) is 2.67. The Balaban J connectivity index is 1.75. The molecule has 1 amide bonds. The lowest BCUT2D eigenvalue weighted by molar-refractivity contribution is -0.131. The number of amides is 1. The monoisotopic (exact) mass is 194 g/mol. The van der Waals surface area contributed by atoms with Gasteiger partial charge in [-0.3, -0.25) is 10.1 Å². The van der Waals surface area contributed by atoms with E-state index >= 15 is 0 Å². The summed E-state index contributed by atoms with van der Waals surface area (Å²) in [6.45, 7) is 2.76. The van der Waals surface area contributed by atoms with E-state index < -0.39 is 0 Å². The Kier molecular flexibility index (Phi) is 1.84. The van der Waals surface area contributed by atoms with Gasteiger partial charge >= 0.3 is 0 Å². The zero-order chi connectivity index (χ0) is 9.71. The number of carbonyl (C=O) groups excluding carboxylic acids is 1. The molecule has 0 aromatic heterocycles. The molecule has 3 fully saturated rings. The normalized spacial score (nSPS) is 33.1. The summed E-state index contributed by atoms with van der Waals surface area (Å²) in [5.74, 6) is 1.99. The average molecular weight is 194 g/mol. The molecule has 0 spiro atoms. The molecule has 3 rings (SSSR count). The average Bonchev–Trinajstić information content (AvgIpc) is 3.02. The Labute approximate surface area is 84.8 Å². The van der Waals surface area contributed by atoms with E-state index in [9.17, 15) is 4.79 Å². The Morgan fingerprint density at radius 2 is 1.86 bits per heavy atom. The van der Waals surface area contributed by atoms with Crippen LogP contribution in [0.5, 0.6) is 0 Å². The van der Waals surface area contributed by atoms with Crippen molar-refractivity contribution >= 4 is 5.91 Å². The van der Waals surface area contributed by atoms with E-state index in [2.05, 4.69) is 10.2 Å². The summed E-state index contributed by atoms with van der Waals surface area (Å²) in [6, 6.07) is 0.634. The van der Waals surface area contributed by atoms with Crippen LogP contribution in [-0.2, 0) is 4.79 Å². The van der Waals surface area contributed by atoms with Crippen molar-refractivity contribution in [3.63, 3.8) is 0 Å². The molecule has 1 N–H and O–H groups in total. The zero-order valence-corrected chi connectivity index (χ0v) is 8.70. The van der Waals surface area contributed by atoms with E-state index in [1.165, 1.54) is 25.7 Å². The van der Waals surface area contributed by atoms with Gasteiger partial charge in [0.1, 0.15) is 0 Å². The lowest BCUT2D eigenvalue weighted by atomic mass is 10.1. The first-order chi connectivity index (χ1) is 6.77. The summed E-state index contributed by atoms with van der Waals surface area (Å²) in [4.78, 5) is 14.0. The highest BCUT2D eigenvalue weighted by Gasteiger charge is 2.48. The molecule has 0 aromatic carbocycles. The molecule has 2 saturated carbocycles. The molecule has 1 heterocycles. The predicted molar refractivity (Wildman–Crippen MR) is 53.5 cm³/mol. The number of hydrogen-bond donors (Lipinski definition) is 1. The van der Waals surface area contributed by atoms with Gasteiger partial charge in [-0.25, -0.2) is 0 Å². The highest BCUT2D eigenvalue weighted by molar-refractivity contribution is 5.83. The second-order valence-corrected chi connectivity index (χ2v) is 5.06. The van der Waals surface area contributed by atoms with E-state index in [0.717, 1.165) is 18.5 Å². The van der Waals surface area contributed by atoms with E-state index in [1.54, 1.807) is 0 Å². The second kappa shape index (κ2) is 2.96. The minimum Gasteiger partial charge on any atom is -0.325 e. The molecule has 1 unspecified atom stereocenters. The molecule has 0 aromatic rings. The van der Waals surface area contributed by atoms with Crippen LogP contribution >= 0.6 is 0 Å². The van der Waals surface area contributed by atoms with Crippen LogP contribution in [0.4, 0.5) is 0 Å². The molecular weight excluding hydrogens is 176 g/mol. The van der Waals surface area contributed by atoms with E-state index in [-0.39, 0.29) is 6.04 Å². The highest BCUT2D eigenvalue weighted by Crippen LogP contribution is 2.47. The van der Waals surface area contributed by atoms with Crippen molar-refractivity contribution in [1.82, 2.24) is 10.2 Å². The second-order valence-electron chi connectivity index (χ2n) is 5.06. The van der Waals surface area contributed by atoms with Gasteiger partial charge in [-0.15, -0.1) is 0 Å². The van der Waals surface area contributed by atoms with Crippen LogP contribution in [0, 0.1) is 11.8 Å². The summed E-state index contributed by atoms with van der Waals surface area (Å²) in [5, 5.41) is 3.24. The Hall–Kier alpha value is -0.570. The molecule has 1 atom stereocenters. The molecule has 3 aliphatic rings. The smallest absolute Gasteiger partial charge is 0.240 e. The van der Waals surface area contributed by atoms with Crippen molar-refractivity contribution < 1.29 is 4.79 Å². The van der Waals surface area contributed by atoms with Gasteiger partial charge in [0, 0.05) is 6.04 Å². The van der Waals surface area contributed by atoms with Gasteiger partial charge in [0.15, 0.2) is 0 Å². The van der Waals surface area contributed by atoms with Gasteiger partial charge in [-0.1, -0.05) is 0 Å². The largest absolute Gasteiger partial charge is 0.325 e. The van der Waals surface area contributed by atoms with E-state index in [1.807, 2.05) is 6.92 Å². The molecule has 0 radical (unpaired) electrons. The van der Waals surface area contributed by atoms with Gasteiger partial charge in [-0.2, -0.15) is 0 Å². The van der Waals surface area contributed by atoms with Crippen LogP contribution < -0.4 is 5.32 Å². The third-order valence-corrected chi connectivity index (χ3v) is 3.79. The predicted octanol–water partition coefficient (Wildman–Crippen LogP) is 0.953. The number of nitrogens with zero attached hydrogens (tertiary/aromatic N) is 1. The fraction of sp³-hybridized carbons (Fsp3) is 0.909. The van der Waals surface area contributed by atoms with Gasteiger partial charge < -0.3 is 4.90 Å². The van der Waals surface area contributed by atoms with Gasteiger partial charge in [0.2, 0.25) is 5.91 Å². The van der Waals surface area contributed by atoms with Crippen molar-refractivity contribution in [3.05, 3.63) is 0 Å². The van der Waals surface area contributed by atoms with Crippen LogP contribution in [-0.4, -0.2) is 29.6 Å². The third kappa shape index (κ3) is 1.34. The maximum Gasteiger partial charge on any atom is 0.240 e. The van der Waals surface area contributed by atoms with Gasteiger partial charge in [0.25, 0.3) is 0 Å². The lowest BCUT2D eigenvalue weighted by Crippen LogP contribution is -2.41. The van der Waals surface area contributed by atoms with Crippen molar-refractivity contribution in [1.29, 1.82) is 0 Å². The number of nitrogens with one attached hydrogen (secondary N) is 1. The molecule has 2 aliphatic carbocycles. The van der Waals surface area contributed by atoms with Crippen LogP contribution in [0.15, 0.2) is 0 Å². The molecule has 0 bridgehead atoms. The summed E-state index contributed by atoms with van der Waals surface area (Å²) < 4.78 is 0. The Morgan fingerprint density at radius 1 is 1.29 bits per heavy atom. The summed E-state index contributed by atoms with van der Waals surface area (Å²) in [7, 11) is 0. The van der Waals surface area contributed by atoms with Crippen LogP contribution in [0.25, 0.3) is 0 Å². The SMILES string of the molecule is CC1NCN(C(C2CC2)C2CC2)C1=O. The number of hydrogen-bond acceptors (Lipinski definition) is 2. The minimum atomic E-state index is 0.0509. The number of carbonyl (C=O) groups is 1. The van der Waals surface area contributed by atoms with Crippen molar-refractivity contribution in [2.75, 3.05) is 6.67 Å². The van der Waals surface area contributed by atoms with E-state index in [0.29, 0.717) is 11.9 Å². The van der Waals surface area contributed by atoms with Gasteiger partial charge in [-0.05, 0) is 44.4 Å². The molecule has 78 valence electrons. The quantitative estimate of drug-likeness (QED) is 0.725. The summed E-state index contributed by atoms with van der Waals surface area (Å²) >= 11 is 0.